The maximum Gasteiger partial charge on any atom is 0.203 e. The van der Waals surface area contributed by atoms with Crippen molar-refractivity contribution in [3.05, 3.63) is 70.8 Å². The summed E-state index contributed by atoms with van der Waals surface area (Å²) in [6.45, 7) is 9.32. The molecule has 0 heterocycles. The number of rotatable bonds is 19. The van der Waals surface area contributed by atoms with Gasteiger partial charge in [-0.2, -0.15) is 0 Å². The summed E-state index contributed by atoms with van der Waals surface area (Å²) in [5.41, 5.74) is 4.10. The molecule has 0 aliphatic carbocycles. The summed E-state index contributed by atoms with van der Waals surface area (Å²) in [5, 5.41) is 0. The Kier molecular flexibility index (Phi) is 14.7. The van der Waals surface area contributed by atoms with Crippen LogP contribution < -0.4 is 28.4 Å². The van der Waals surface area contributed by atoms with Crippen molar-refractivity contribution in [2.75, 3.05) is 35.0 Å². The lowest BCUT2D eigenvalue weighted by Crippen LogP contribution is -2.15. The lowest BCUT2D eigenvalue weighted by atomic mass is 10.0. The van der Waals surface area contributed by atoms with Crippen LogP contribution in [0.4, 0.5) is 0 Å². The van der Waals surface area contributed by atoms with Crippen molar-refractivity contribution >= 4 is 24.3 Å². The first-order valence-electron chi connectivity index (χ1n) is 16.2. The molecule has 1 unspecified atom stereocenters. The molecule has 6 nitrogen and oxygen atoms in total. The molecule has 3 aromatic rings. The van der Waals surface area contributed by atoms with E-state index in [9.17, 15) is 0 Å². The van der Waals surface area contributed by atoms with E-state index in [1.165, 1.54) is 12.8 Å². The summed E-state index contributed by atoms with van der Waals surface area (Å²) in [5.74, 6) is 4.48. The van der Waals surface area contributed by atoms with Crippen LogP contribution in [-0.4, -0.2) is 41.2 Å². The second-order valence-electron chi connectivity index (χ2n) is 11.1. The molecule has 0 amide bonds. The first-order chi connectivity index (χ1) is 21.9. The third-order valence-corrected chi connectivity index (χ3v) is 8.04. The third-order valence-electron chi connectivity index (χ3n) is 8.04. The van der Waals surface area contributed by atoms with Gasteiger partial charge in [0.05, 0.1) is 41.2 Å². The molecule has 0 saturated heterocycles. The molecule has 0 fully saturated rings. The zero-order valence-electron chi connectivity index (χ0n) is 28.5. The maximum atomic E-state index is 6.24. The van der Waals surface area contributed by atoms with Crippen molar-refractivity contribution in [2.45, 2.75) is 72.3 Å². The standard InChI is InChI=1S/C39H52O6/c1-9-13-14-28(10-2)27-44-38-34(40-5)23-31(24-35(38)41-6)21-19-29-15-17-30(18-16-29)20-22-32-25-36(42-7)39(37(26-32)43-8)45-33(11-3)12-4/h15-26,28,33H,9-14,27H2,1-8H3. The zero-order chi connectivity index (χ0) is 32.6. The Balaban J connectivity index is 1.73. The van der Waals surface area contributed by atoms with Crippen molar-refractivity contribution < 1.29 is 28.4 Å². The Labute approximate surface area is 271 Å². The van der Waals surface area contributed by atoms with Crippen molar-refractivity contribution in [3.8, 4) is 34.5 Å². The van der Waals surface area contributed by atoms with E-state index >= 15 is 0 Å². The number of hydrogen-bond acceptors (Lipinski definition) is 6. The quantitative estimate of drug-likeness (QED) is 0.125. The normalized spacial score (nSPS) is 12.1. The van der Waals surface area contributed by atoms with Crippen LogP contribution in [0.1, 0.15) is 88.5 Å². The van der Waals surface area contributed by atoms with Gasteiger partial charge in [0.1, 0.15) is 0 Å². The number of hydrogen-bond donors (Lipinski definition) is 0. The molecule has 6 heteroatoms. The van der Waals surface area contributed by atoms with Gasteiger partial charge in [0, 0.05) is 0 Å². The highest BCUT2D eigenvalue weighted by atomic mass is 16.5. The van der Waals surface area contributed by atoms with Crippen LogP contribution in [0.2, 0.25) is 0 Å². The lowest BCUT2D eigenvalue weighted by molar-refractivity contribution is 0.177. The molecule has 0 aliphatic heterocycles. The molecule has 0 bridgehead atoms. The first kappa shape index (κ1) is 35.4. The molecule has 45 heavy (non-hydrogen) atoms. The molecule has 0 aliphatic rings. The van der Waals surface area contributed by atoms with E-state index in [2.05, 4.69) is 70.2 Å². The third kappa shape index (κ3) is 10.2. The van der Waals surface area contributed by atoms with E-state index < -0.39 is 0 Å². The Morgan fingerprint density at radius 1 is 0.556 bits per heavy atom. The highest BCUT2D eigenvalue weighted by Crippen LogP contribution is 2.41. The highest BCUT2D eigenvalue weighted by molar-refractivity contribution is 5.75. The summed E-state index contributed by atoms with van der Waals surface area (Å²) >= 11 is 0. The molecule has 0 N–H and O–H groups in total. The van der Waals surface area contributed by atoms with Crippen molar-refractivity contribution in [1.82, 2.24) is 0 Å². The molecule has 0 aromatic heterocycles. The topological polar surface area (TPSA) is 55.4 Å². The summed E-state index contributed by atoms with van der Waals surface area (Å²) in [6, 6.07) is 16.3. The fourth-order valence-corrected chi connectivity index (χ4v) is 5.08. The smallest absolute Gasteiger partial charge is 0.203 e. The lowest BCUT2D eigenvalue weighted by Gasteiger charge is -2.20. The molecule has 0 saturated carbocycles. The van der Waals surface area contributed by atoms with E-state index in [1.807, 2.05) is 30.3 Å². The zero-order valence-corrected chi connectivity index (χ0v) is 28.5. The van der Waals surface area contributed by atoms with Crippen LogP contribution >= 0.6 is 0 Å². The Morgan fingerprint density at radius 2 is 0.978 bits per heavy atom. The maximum absolute atomic E-state index is 6.24. The molecular weight excluding hydrogens is 564 g/mol. The minimum atomic E-state index is 0.109. The van der Waals surface area contributed by atoms with Crippen molar-refractivity contribution in [2.24, 2.45) is 5.92 Å². The van der Waals surface area contributed by atoms with Crippen LogP contribution in [-0.2, 0) is 0 Å². The van der Waals surface area contributed by atoms with E-state index in [4.69, 9.17) is 28.4 Å². The van der Waals surface area contributed by atoms with Crippen molar-refractivity contribution in [1.29, 1.82) is 0 Å². The monoisotopic (exact) mass is 616 g/mol. The average Bonchev–Trinajstić information content (AvgIpc) is 3.08. The molecule has 0 spiro atoms. The summed E-state index contributed by atoms with van der Waals surface area (Å²) in [4.78, 5) is 0. The van der Waals surface area contributed by atoms with Gasteiger partial charge in [-0.3, -0.25) is 0 Å². The Bertz CT molecular complexity index is 1320. The fraction of sp³-hybridized carbons (Fsp3) is 0.436. The molecule has 0 radical (unpaired) electrons. The predicted molar refractivity (Wildman–Crippen MR) is 187 cm³/mol. The number of ether oxygens (including phenoxy) is 6. The van der Waals surface area contributed by atoms with Gasteiger partial charge in [-0.05, 0) is 71.7 Å². The van der Waals surface area contributed by atoms with E-state index in [0.717, 1.165) is 47.9 Å². The second kappa shape index (κ2) is 18.7. The van der Waals surface area contributed by atoms with Gasteiger partial charge in [-0.25, -0.2) is 0 Å². The number of unbranched alkanes of at least 4 members (excludes halogenated alkanes) is 1. The van der Waals surface area contributed by atoms with Gasteiger partial charge in [-0.15, -0.1) is 0 Å². The predicted octanol–water partition coefficient (Wildman–Crippen LogP) is 10.2. The van der Waals surface area contributed by atoms with E-state index in [1.54, 1.807) is 28.4 Å². The number of methoxy groups -OCH3 is 4. The highest BCUT2D eigenvalue weighted by Gasteiger charge is 2.18. The van der Waals surface area contributed by atoms with Crippen LogP contribution in [0.3, 0.4) is 0 Å². The largest absolute Gasteiger partial charge is 0.493 e. The Hall–Kier alpha value is -4.06. The second-order valence-corrected chi connectivity index (χ2v) is 11.1. The minimum absolute atomic E-state index is 0.109. The van der Waals surface area contributed by atoms with Gasteiger partial charge in [-0.1, -0.05) is 95.5 Å². The Morgan fingerprint density at radius 3 is 1.36 bits per heavy atom. The van der Waals surface area contributed by atoms with Crippen LogP contribution in [0.15, 0.2) is 48.5 Å². The fourth-order valence-electron chi connectivity index (χ4n) is 5.08. The van der Waals surface area contributed by atoms with Crippen LogP contribution in [0, 0.1) is 5.92 Å². The van der Waals surface area contributed by atoms with Gasteiger partial charge in [0.2, 0.25) is 11.5 Å². The van der Waals surface area contributed by atoms with Gasteiger partial charge >= 0.3 is 0 Å². The van der Waals surface area contributed by atoms with Crippen LogP contribution in [0.5, 0.6) is 34.5 Å². The minimum Gasteiger partial charge on any atom is -0.493 e. The van der Waals surface area contributed by atoms with E-state index in [0.29, 0.717) is 47.0 Å². The molecule has 3 rings (SSSR count). The van der Waals surface area contributed by atoms with Crippen LogP contribution in [0.25, 0.3) is 24.3 Å². The number of benzene rings is 3. The SMILES string of the molecule is CCCCC(CC)COc1c(OC)cc(C=Cc2ccc(C=Cc3cc(OC)c(OC(CC)CC)c(OC)c3)cc2)cc1OC. The first-order valence-corrected chi connectivity index (χ1v) is 16.2. The van der Waals surface area contributed by atoms with E-state index in [-0.39, 0.29) is 6.10 Å². The summed E-state index contributed by atoms with van der Waals surface area (Å²) < 4.78 is 35.2. The molecular formula is C39H52O6. The average molecular weight is 617 g/mol. The van der Waals surface area contributed by atoms with Gasteiger partial charge in [0.15, 0.2) is 23.0 Å². The molecule has 244 valence electrons. The van der Waals surface area contributed by atoms with Gasteiger partial charge < -0.3 is 28.4 Å². The summed E-state index contributed by atoms with van der Waals surface area (Å²) in [6.07, 6.45) is 14.8. The molecule has 3 aromatic carbocycles. The summed E-state index contributed by atoms with van der Waals surface area (Å²) in [7, 11) is 6.63. The van der Waals surface area contributed by atoms with Gasteiger partial charge in [0.25, 0.3) is 0 Å². The van der Waals surface area contributed by atoms with Crippen molar-refractivity contribution in [3.63, 3.8) is 0 Å². The molecule has 1 atom stereocenters.